The maximum absolute atomic E-state index is 12.8. The monoisotopic (exact) mass is 324 g/mol. The van der Waals surface area contributed by atoms with Crippen LogP contribution in [0.2, 0.25) is 0 Å². The molecule has 2 aromatic carbocycles. The fraction of sp³-hybridized carbons (Fsp3) is 0. The third kappa shape index (κ3) is 2.50. The van der Waals surface area contributed by atoms with Gasteiger partial charge in [-0.15, -0.1) is 0 Å². The summed E-state index contributed by atoms with van der Waals surface area (Å²) in [5, 5.41) is 0. The molecule has 0 aliphatic heterocycles. The molecule has 0 heterocycles. The van der Waals surface area contributed by atoms with Gasteiger partial charge in [-0.3, -0.25) is 0 Å². The van der Waals surface area contributed by atoms with Crippen LogP contribution in [0.4, 0.5) is 4.39 Å². The smallest absolute Gasteiger partial charge is 0.123 e. The summed E-state index contributed by atoms with van der Waals surface area (Å²) in [4.78, 5) is 0. The minimum Gasteiger partial charge on any atom is -0.207 e. The highest BCUT2D eigenvalue weighted by Gasteiger charge is 2.01. The van der Waals surface area contributed by atoms with Gasteiger partial charge in [0.1, 0.15) is 5.82 Å². The molecule has 0 N–H and O–H groups in total. The summed E-state index contributed by atoms with van der Waals surface area (Å²) < 4.78 is 14.8. The molecule has 0 aromatic heterocycles. The Labute approximate surface area is 108 Å². The predicted molar refractivity (Wildman–Crippen MR) is 74.9 cm³/mol. The Bertz CT molecular complexity index is 500. The van der Waals surface area contributed by atoms with Crippen LogP contribution < -0.4 is 0 Å². The largest absolute Gasteiger partial charge is 0.207 e. The molecule has 0 nitrogen and oxygen atoms in total. The summed E-state index contributed by atoms with van der Waals surface area (Å²) in [6.45, 7) is 0. The second kappa shape index (κ2) is 5.25. The van der Waals surface area contributed by atoms with Gasteiger partial charge >= 0.3 is 0 Å². The first-order valence-corrected chi connectivity index (χ1v) is 6.17. The molecule has 0 amide bonds. The lowest BCUT2D eigenvalue weighted by molar-refractivity contribution is 0.628. The van der Waals surface area contributed by atoms with Crippen molar-refractivity contribution in [2.75, 3.05) is 0 Å². The maximum Gasteiger partial charge on any atom is 0.123 e. The lowest BCUT2D eigenvalue weighted by Gasteiger charge is -2.05. The molecule has 0 atom stereocenters. The molecule has 2 aromatic rings. The standard InChI is InChI=1S/C14H10FI/c15-13-7-5-12(6-8-13)14-4-2-1-3-11(14)9-10-16/h1-10H. The number of hydrogen-bond donors (Lipinski definition) is 0. The minimum atomic E-state index is -0.203. The minimum absolute atomic E-state index is 0.203. The summed E-state index contributed by atoms with van der Waals surface area (Å²) in [6, 6.07) is 14.7. The highest BCUT2D eigenvalue weighted by Crippen LogP contribution is 2.25. The molecule has 0 unspecified atom stereocenters. The van der Waals surface area contributed by atoms with Gasteiger partial charge in [-0.2, -0.15) is 0 Å². The van der Waals surface area contributed by atoms with Gasteiger partial charge in [0.15, 0.2) is 0 Å². The lowest BCUT2D eigenvalue weighted by atomic mass is 10.00. The Balaban J connectivity index is 2.51. The van der Waals surface area contributed by atoms with Gasteiger partial charge < -0.3 is 0 Å². The number of benzene rings is 2. The van der Waals surface area contributed by atoms with E-state index in [2.05, 4.69) is 22.6 Å². The molecule has 0 fully saturated rings. The summed E-state index contributed by atoms with van der Waals surface area (Å²) >= 11 is 2.19. The van der Waals surface area contributed by atoms with Crippen molar-refractivity contribution in [3.05, 3.63) is 64.0 Å². The van der Waals surface area contributed by atoms with Crippen molar-refractivity contribution in [2.24, 2.45) is 0 Å². The third-order valence-corrected chi connectivity index (χ3v) is 2.72. The van der Waals surface area contributed by atoms with Crippen LogP contribution in [-0.2, 0) is 0 Å². The van der Waals surface area contributed by atoms with E-state index in [9.17, 15) is 4.39 Å². The average Bonchev–Trinajstić information content (AvgIpc) is 2.32. The lowest BCUT2D eigenvalue weighted by Crippen LogP contribution is -1.83. The van der Waals surface area contributed by atoms with Gasteiger partial charge in [-0.25, -0.2) is 4.39 Å². The maximum atomic E-state index is 12.8. The quantitative estimate of drug-likeness (QED) is 0.690. The van der Waals surface area contributed by atoms with Gasteiger partial charge in [0.2, 0.25) is 0 Å². The van der Waals surface area contributed by atoms with Crippen molar-refractivity contribution in [3.63, 3.8) is 0 Å². The summed E-state index contributed by atoms with van der Waals surface area (Å²) in [7, 11) is 0. The summed E-state index contributed by atoms with van der Waals surface area (Å²) in [5.74, 6) is -0.203. The zero-order valence-electron chi connectivity index (χ0n) is 8.53. The van der Waals surface area contributed by atoms with Crippen LogP contribution in [0.25, 0.3) is 17.2 Å². The first kappa shape index (κ1) is 11.3. The molecule has 16 heavy (non-hydrogen) atoms. The molecule has 0 aliphatic rings. The summed E-state index contributed by atoms with van der Waals surface area (Å²) in [6.07, 6.45) is 2.04. The van der Waals surface area contributed by atoms with E-state index in [0.29, 0.717) is 0 Å². The first-order valence-electron chi connectivity index (χ1n) is 4.93. The van der Waals surface area contributed by atoms with E-state index in [1.807, 2.05) is 34.4 Å². The van der Waals surface area contributed by atoms with E-state index in [-0.39, 0.29) is 5.82 Å². The van der Waals surface area contributed by atoms with Crippen LogP contribution >= 0.6 is 22.6 Å². The van der Waals surface area contributed by atoms with Crippen molar-refractivity contribution in [3.8, 4) is 11.1 Å². The van der Waals surface area contributed by atoms with E-state index >= 15 is 0 Å². The zero-order valence-corrected chi connectivity index (χ0v) is 10.7. The van der Waals surface area contributed by atoms with Gasteiger partial charge in [0.05, 0.1) is 0 Å². The van der Waals surface area contributed by atoms with E-state index in [1.165, 1.54) is 12.1 Å². The Morgan fingerprint density at radius 2 is 1.62 bits per heavy atom. The van der Waals surface area contributed by atoms with Gasteiger partial charge in [-0.1, -0.05) is 59.0 Å². The predicted octanol–water partition coefficient (Wildman–Crippen LogP) is 4.90. The van der Waals surface area contributed by atoms with Crippen LogP contribution in [0.3, 0.4) is 0 Å². The molecule has 0 bridgehead atoms. The molecule has 0 saturated carbocycles. The van der Waals surface area contributed by atoms with Crippen molar-refractivity contribution in [1.29, 1.82) is 0 Å². The van der Waals surface area contributed by atoms with Gasteiger partial charge in [0, 0.05) is 0 Å². The second-order valence-corrected chi connectivity index (χ2v) is 4.11. The van der Waals surface area contributed by atoms with Crippen molar-refractivity contribution in [2.45, 2.75) is 0 Å². The third-order valence-electron chi connectivity index (χ3n) is 2.36. The fourth-order valence-electron chi connectivity index (χ4n) is 1.60. The molecule has 2 rings (SSSR count). The van der Waals surface area contributed by atoms with Gasteiger partial charge in [-0.05, 0) is 39.0 Å². The first-order chi connectivity index (χ1) is 7.81. The zero-order chi connectivity index (χ0) is 11.4. The second-order valence-electron chi connectivity index (χ2n) is 3.39. The van der Waals surface area contributed by atoms with Crippen molar-refractivity contribution < 1.29 is 4.39 Å². The van der Waals surface area contributed by atoms with Crippen LogP contribution in [0.1, 0.15) is 5.56 Å². The molecule has 0 aliphatic carbocycles. The molecular weight excluding hydrogens is 314 g/mol. The van der Waals surface area contributed by atoms with Gasteiger partial charge in [0.25, 0.3) is 0 Å². The number of halogens is 2. The topological polar surface area (TPSA) is 0 Å². The highest BCUT2D eigenvalue weighted by atomic mass is 127. The van der Waals surface area contributed by atoms with Crippen molar-refractivity contribution in [1.82, 2.24) is 0 Å². The summed E-state index contributed by atoms with van der Waals surface area (Å²) in [5.41, 5.74) is 3.30. The van der Waals surface area contributed by atoms with Crippen LogP contribution in [-0.4, -0.2) is 0 Å². The molecule has 0 radical (unpaired) electrons. The van der Waals surface area contributed by atoms with Crippen LogP contribution in [0.15, 0.2) is 52.6 Å². The molecule has 0 spiro atoms. The Kier molecular flexibility index (Phi) is 3.72. The Morgan fingerprint density at radius 1 is 0.938 bits per heavy atom. The Hall–Kier alpha value is -1.16. The van der Waals surface area contributed by atoms with E-state index in [1.54, 1.807) is 12.1 Å². The molecule has 0 saturated heterocycles. The van der Waals surface area contributed by atoms with Crippen LogP contribution in [0.5, 0.6) is 0 Å². The number of hydrogen-bond acceptors (Lipinski definition) is 0. The average molecular weight is 324 g/mol. The van der Waals surface area contributed by atoms with E-state index in [0.717, 1.165) is 16.7 Å². The van der Waals surface area contributed by atoms with Crippen LogP contribution in [0, 0.1) is 5.82 Å². The molecular formula is C14H10FI. The Morgan fingerprint density at radius 3 is 2.31 bits per heavy atom. The fourth-order valence-corrected chi connectivity index (χ4v) is 1.99. The van der Waals surface area contributed by atoms with E-state index < -0.39 is 0 Å². The molecule has 80 valence electrons. The normalized spacial score (nSPS) is 10.9. The SMILES string of the molecule is Fc1ccc(-c2ccccc2C=CI)cc1. The van der Waals surface area contributed by atoms with E-state index in [4.69, 9.17) is 0 Å². The molecule has 2 heteroatoms. The highest BCUT2D eigenvalue weighted by molar-refractivity contribution is 14.1. The number of rotatable bonds is 2. The van der Waals surface area contributed by atoms with Crippen molar-refractivity contribution >= 4 is 28.7 Å².